The second-order valence-corrected chi connectivity index (χ2v) is 6.60. The van der Waals surface area contributed by atoms with Crippen molar-refractivity contribution in [3.8, 4) is 0 Å². The van der Waals surface area contributed by atoms with Crippen molar-refractivity contribution in [2.75, 3.05) is 66.5 Å². The van der Waals surface area contributed by atoms with Gasteiger partial charge in [0.2, 0.25) is 0 Å². The first-order valence-corrected chi connectivity index (χ1v) is 7.97. The van der Waals surface area contributed by atoms with E-state index in [0.717, 1.165) is 19.0 Å². The quantitative estimate of drug-likeness (QED) is 0.759. The molecular formula is C15H32N4. The van der Waals surface area contributed by atoms with Crippen molar-refractivity contribution in [1.29, 1.82) is 0 Å². The fraction of sp³-hybridized carbons (Fsp3) is 1.00. The van der Waals surface area contributed by atoms with E-state index >= 15 is 0 Å². The third-order valence-electron chi connectivity index (χ3n) is 4.76. The lowest BCUT2D eigenvalue weighted by atomic mass is 10.0. The SMILES string of the molecule is CC(CN(C)CCC1CCN(C)C1)N1CCNCC1. The Labute approximate surface area is 119 Å². The van der Waals surface area contributed by atoms with Crippen LogP contribution in [0, 0.1) is 5.92 Å². The van der Waals surface area contributed by atoms with Crippen LogP contribution in [0.1, 0.15) is 19.8 Å². The van der Waals surface area contributed by atoms with Gasteiger partial charge in [0.15, 0.2) is 0 Å². The maximum absolute atomic E-state index is 3.43. The molecule has 0 bridgehead atoms. The summed E-state index contributed by atoms with van der Waals surface area (Å²) < 4.78 is 0. The zero-order valence-electron chi connectivity index (χ0n) is 13.1. The first kappa shape index (κ1) is 15.2. The Morgan fingerprint density at radius 3 is 2.63 bits per heavy atom. The van der Waals surface area contributed by atoms with E-state index in [2.05, 4.69) is 41.0 Å². The Kier molecular flexibility index (Phi) is 6.07. The summed E-state index contributed by atoms with van der Waals surface area (Å²) in [5, 5.41) is 3.43. The van der Waals surface area contributed by atoms with Crippen molar-refractivity contribution in [2.24, 2.45) is 5.92 Å². The molecule has 0 aromatic rings. The van der Waals surface area contributed by atoms with Crippen LogP contribution in [-0.2, 0) is 0 Å². The number of rotatable bonds is 6. The van der Waals surface area contributed by atoms with Gasteiger partial charge >= 0.3 is 0 Å². The van der Waals surface area contributed by atoms with E-state index in [1.165, 1.54) is 52.1 Å². The Bertz CT molecular complexity index is 253. The molecule has 0 spiro atoms. The van der Waals surface area contributed by atoms with Crippen LogP contribution in [0.2, 0.25) is 0 Å². The molecule has 2 fully saturated rings. The molecule has 0 aromatic heterocycles. The number of hydrogen-bond donors (Lipinski definition) is 1. The van der Waals surface area contributed by atoms with Gasteiger partial charge in [0.05, 0.1) is 0 Å². The number of likely N-dealkylation sites (tertiary alicyclic amines) is 1. The molecule has 0 aliphatic carbocycles. The Morgan fingerprint density at radius 2 is 2.00 bits per heavy atom. The summed E-state index contributed by atoms with van der Waals surface area (Å²) in [5.41, 5.74) is 0. The van der Waals surface area contributed by atoms with E-state index in [4.69, 9.17) is 0 Å². The summed E-state index contributed by atoms with van der Waals surface area (Å²) in [6.07, 6.45) is 2.77. The minimum absolute atomic E-state index is 0.693. The summed E-state index contributed by atoms with van der Waals surface area (Å²) in [6, 6.07) is 0.693. The third-order valence-corrected chi connectivity index (χ3v) is 4.76. The van der Waals surface area contributed by atoms with Crippen LogP contribution >= 0.6 is 0 Å². The predicted molar refractivity (Wildman–Crippen MR) is 81.6 cm³/mol. The fourth-order valence-corrected chi connectivity index (χ4v) is 3.45. The molecule has 2 atom stereocenters. The van der Waals surface area contributed by atoms with Crippen molar-refractivity contribution < 1.29 is 0 Å². The van der Waals surface area contributed by atoms with Crippen LogP contribution in [0.25, 0.3) is 0 Å². The average Bonchev–Trinajstić information content (AvgIpc) is 2.83. The molecule has 1 N–H and O–H groups in total. The predicted octanol–water partition coefficient (Wildman–Crippen LogP) is 0.554. The Morgan fingerprint density at radius 1 is 1.26 bits per heavy atom. The smallest absolute Gasteiger partial charge is 0.0195 e. The first-order chi connectivity index (χ1) is 9.15. The van der Waals surface area contributed by atoms with Crippen molar-refractivity contribution >= 4 is 0 Å². The van der Waals surface area contributed by atoms with E-state index < -0.39 is 0 Å². The highest BCUT2D eigenvalue weighted by Gasteiger charge is 2.21. The molecule has 112 valence electrons. The van der Waals surface area contributed by atoms with Crippen molar-refractivity contribution in [3.05, 3.63) is 0 Å². The lowest BCUT2D eigenvalue weighted by Gasteiger charge is -2.35. The molecule has 19 heavy (non-hydrogen) atoms. The third kappa shape index (κ3) is 5.03. The fourth-order valence-electron chi connectivity index (χ4n) is 3.45. The molecule has 4 nitrogen and oxygen atoms in total. The molecule has 2 heterocycles. The van der Waals surface area contributed by atoms with Gasteiger partial charge in [0.1, 0.15) is 0 Å². The maximum Gasteiger partial charge on any atom is 0.0195 e. The molecule has 0 saturated carbocycles. The van der Waals surface area contributed by atoms with Gasteiger partial charge in [-0.25, -0.2) is 0 Å². The van der Waals surface area contributed by atoms with Crippen LogP contribution in [0.4, 0.5) is 0 Å². The van der Waals surface area contributed by atoms with E-state index in [9.17, 15) is 0 Å². The largest absolute Gasteiger partial charge is 0.314 e. The zero-order valence-corrected chi connectivity index (χ0v) is 13.1. The Hall–Kier alpha value is -0.160. The van der Waals surface area contributed by atoms with Gasteiger partial charge in [-0.15, -0.1) is 0 Å². The van der Waals surface area contributed by atoms with Gasteiger partial charge in [0.25, 0.3) is 0 Å². The molecule has 0 amide bonds. The van der Waals surface area contributed by atoms with Gasteiger partial charge in [-0.3, -0.25) is 4.90 Å². The first-order valence-electron chi connectivity index (χ1n) is 7.97. The number of nitrogens with zero attached hydrogens (tertiary/aromatic N) is 3. The van der Waals surface area contributed by atoms with Crippen LogP contribution in [0.3, 0.4) is 0 Å². The standard InChI is InChI=1S/C15H32N4/c1-14(19-10-6-16-7-11-19)12-17(2)8-4-15-5-9-18(3)13-15/h14-16H,4-13H2,1-3H3. The minimum atomic E-state index is 0.693. The molecule has 2 unspecified atom stereocenters. The molecule has 2 saturated heterocycles. The van der Waals surface area contributed by atoms with Crippen molar-refractivity contribution in [3.63, 3.8) is 0 Å². The van der Waals surface area contributed by atoms with Gasteiger partial charge < -0.3 is 15.1 Å². The van der Waals surface area contributed by atoms with Gasteiger partial charge in [0, 0.05) is 45.3 Å². The summed E-state index contributed by atoms with van der Waals surface area (Å²) in [6.45, 7) is 12.2. The van der Waals surface area contributed by atoms with Crippen LogP contribution in [0.5, 0.6) is 0 Å². The van der Waals surface area contributed by atoms with Gasteiger partial charge in [-0.05, 0) is 52.9 Å². The summed E-state index contributed by atoms with van der Waals surface area (Å²) in [4.78, 5) is 7.62. The average molecular weight is 268 g/mol. The molecule has 2 aliphatic heterocycles. The van der Waals surface area contributed by atoms with E-state index in [0.29, 0.717) is 6.04 Å². The summed E-state index contributed by atoms with van der Waals surface area (Å²) in [7, 11) is 4.54. The molecule has 2 aliphatic rings. The lowest BCUT2D eigenvalue weighted by molar-refractivity contribution is 0.143. The maximum atomic E-state index is 3.43. The topological polar surface area (TPSA) is 21.8 Å². The van der Waals surface area contributed by atoms with E-state index in [1.54, 1.807) is 0 Å². The lowest BCUT2D eigenvalue weighted by Crippen LogP contribution is -2.50. The van der Waals surface area contributed by atoms with Crippen molar-refractivity contribution in [2.45, 2.75) is 25.8 Å². The second-order valence-electron chi connectivity index (χ2n) is 6.60. The van der Waals surface area contributed by atoms with Crippen LogP contribution < -0.4 is 5.32 Å². The summed E-state index contributed by atoms with van der Waals surface area (Å²) in [5.74, 6) is 0.932. The number of piperazine rings is 1. The highest BCUT2D eigenvalue weighted by Crippen LogP contribution is 2.18. The van der Waals surface area contributed by atoms with E-state index in [-0.39, 0.29) is 0 Å². The van der Waals surface area contributed by atoms with Crippen LogP contribution in [-0.4, -0.2) is 87.2 Å². The highest BCUT2D eigenvalue weighted by molar-refractivity contribution is 4.77. The molecule has 0 aromatic carbocycles. The van der Waals surface area contributed by atoms with E-state index in [1.807, 2.05) is 0 Å². The van der Waals surface area contributed by atoms with Gasteiger partial charge in [-0.1, -0.05) is 0 Å². The van der Waals surface area contributed by atoms with Crippen molar-refractivity contribution in [1.82, 2.24) is 20.0 Å². The molecular weight excluding hydrogens is 236 g/mol. The summed E-state index contributed by atoms with van der Waals surface area (Å²) >= 11 is 0. The zero-order chi connectivity index (χ0) is 13.7. The molecule has 2 rings (SSSR count). The normalized spacial score (nSPS) is 28.1. The Balaban J connectivity index is 1.61. The molecule has 0 radical (unpaired) electrons. The van der Waals surface area contributed by atoms with Crippen LogP contribution in [0.15, 0.2) is 0 Å². The highest BCUT2D eigenvalue weighted by atomic mass is 15.2. The number of hydrogen-bond acceptors (Lipinski definition) is 4. The van der Waals surface area contributed by atoms with Gasteiger partial charge in [-0.2, -0.15) is 0 Å². The second kappa shape index (κ2) is 7.58. The number of nitrogens with one attached hydrogen (secondary N) is 1. The minimum Gasteiger partial charge on any atom is -0.314 e. The molecule has 4 heteroatoms. The monoisotopic (exact) mass is 268 g/mol. The number of likely N-dealkylation sites (N-methyl/N-ethyl adjacent to an activating group) is 1.